The van der Waals surface area contributed by atoms with Crippen LogP contribution in [-0.4, -0.2) is 16.1 Å². The molecule has 1 aliphatic rings. The Labute approximate surface area is 119 Å². The molecule has 0 aliphatic carbocycles. The highest BCUT2D eigenvalue weighted by atomic mass is 16.5. The lowest BCUT2D eigenvalue weighted by atomic mass is 10.1. The summed E-state index contributed by atoms with van der Waals surface area (Å²) in [6.45, 7) is 0. The van der Waals surface area contributed by atoms with Gasteiger partial charge in [0, 0.05) is 6.42 Å². The fourth-order valence-electron chi connectivity index (χ4n) is 2.60. The lowest BCUT2D eigenvalue weighted by Crippen LogP contribution is -2.03. The molecule has 0 fully saturated rings. The number of hydrogen-bond donors (Lipinski definition) is 1. The number of aromatic nitrogens is 1. The predicted molar refractivity (Wildman–Crippen MR) is 74.5 cm³/mol. The summed E-state index contributed by atoms with van der Waals surface area (Å²) in [4.78, 5) is 15.5. The number of rotatable bonds is 2. The van der Waals surface area contributed by atoms with Gasteiger partial charge in [-0.2, -0.15) is 0 Å². The van der Waals surface area contributed by atoms with Gasteiger partial charge in [-0.1, -0.05) is 24.3 Å². The Morgan fingerprint density at radius 3 is 2.86 bits per heavy atom. The molecule has 21 heavy (non-hydrogen) atoms. The molecule has 1 aliphatic heterocycles. The van der Waals surface area contributed by atoms with Gasteiger partial charge in [0.05, 0.1) is 5.56 Å². The van der Waals surface area contributed by atoms with Crippen molar-refractivity contribution >= 4 is 17.1 Å². The van der Waals surface area contributed by atoms with Gasteiger partial charge in [-0.25, -0.2) is 9.78 Å². The number of nitrogens with zero attached hydrogens (tertiary/aromatic N) is 1. The van der Waals surface area contributed by atoms with E-state index in [1.165, 1.54) is 6.07 Å². The summed E-state index contributed by atoms with van der Waals surface area (Å²) < 4.78 is 11.5. The van der Waals surface area contributed by atoms with E-state index in [4.69, 9.17) is 9.15 Å². The molecule has 3 aromatic rings. The van der Waals surface area contributed by atoms with Gasteiger partial charge < -0.3 is 14.3 Å². The van der Waals surface area contributed by atoms with Crippen molar-refractivity contribution in [1.82, 2.24) is 4.98 Å². The molecule has 1 aromatic heterocycles. The van der Waals surface area contributed by atoms with Crippen LogP contribution in [0.15, 0.2) is 46.9 Å². The average molecular weight is 281 g/mol. The van der Waals surface area contributed by atoms with E-state index >= 15 is 0 Å². The maximum absolute atomic E-state index is 11.2. The van der Waals surface area contributed by atoms with Gasteiger partial charge in [0.2, 0.25) is 5.89 Å². The normalized spacial score (nSPS) is 16.7. The van der Waals surface area contributed by atoms with Gasteiger partial charge in [-0.05, 0) is 23.8 Å². The molecule has 5 heteroatoms. The monoisotopic (exact) mass is 281 g/mol. The number of benzene rings is 2. The second-order valence-electron chi connectivity index (χ2n) is 4.93. The first-order chi connectivity index (χ1) is 10.2. The smallest absolute Gasteiger partial charge is 0.338 e. The zero-order valence-electron chi connectivity index (χ0n) is 10.9. The van der Waals surface area contributed by atoms with E-state index in [0.717, 1.165) is 11.3 Å². The molecule has 0 radical (unpaired) electrons. The van der Waals surface area contributed by atoms with Crippen molar-refractivity contribution in [3.63, 3.8) is 0 Å². The van der Waals surface area contributed by atoms with E-state index in [1.807, 2.05) is 24.3 Å². The Bertz CT molecular complexity index is 827. The first-order valence-corrected chi connectivity index (χ1v) is 6.59. The highest BCUT2D eigenvalue weighted by molar-refractivity contribution is 6.00. The van der Waals surface area contributed by atoms with Crippen molar-refractivity contribution in [2.75, 3.05) is 0 Å². The Morgan fingerprint density at radius 1 is 1.19 bits per heavy atom. The standard InChI is InChI=1S/C16H11NO4/c18-16(19)10-5-3-7-12-14(10)17-15(21-12)13-8-9-4-1-2-6-11(9)20-13/h1-7,13H,8H2,(H,18,19). The maximum Gasteiger partial charge on any atom is 0.338 e. The van der Waals surface area contributed by atoms with Crippen LogP contribution in [0.5, 0.6) is 5.75 Å². The molecule has 2 aromatic carbocycles. The predicted octanol–water partition coefficient (Wildman–Crippen LogP) is 3.20. The zero-order chi connectivity index (χ0) is 14.4. The molecule has 0 saturated heterocycles. The number of hydrogen-bond acceptors (Lipinski definition) is 4. The lowest BCUT2D eigenvalue weighted by Gasteiger charge is -2.04. The van der Waals surface area contributed by atoms with Gasteiger partial charge in [0.15, 0.2) is 11.7 Å². The van der Waals surface area contributed by atoms with E-state index in [-0.39, 0.29) is 11.7 Å². The number of oxazole rings is 1. The summed E-state index contributed by atoms with van der Waals surface area (Å²) in [6.07, 6.45) is 0.363. The third kappa shape index (κ3) is 1.86. The van der Waals surface area contributed by atoms with Crippen molar-refractivity contribution in [2.45, 2.75) is 12.5 Å². The molecule has 0 saturated carbocycles. The molecule has 0 bridgehead atoms. The van der Waals surface area contributed by atoms with Crippen LogP contribution < -0.4 is 4.74 Å². The van der Waals surface area contributed by atoms with Crippen molar-refractivity contribution in [3.05, 3.63) is 59.5 Å². The summed E-state index contributed by atoms with van der Waals surface area (Å²) in [7, 11) is 0. The third-order valence-corrected chi connectivity index (χ3v) is 3.59. The number of fused-ring (bicyclic) bond motifs is 2. The Balaban J connectivity index is 1.76. The molecular weight excluding hydrogens is 270 g/mol. The minimum Gasteiger partial charge on any atom is -0.480 e. The summed E-state index contributed by atoms with van der Waals surface area (Å²) in [5.74, 6) is 0.217. The number of carbonyl (C=O) groups is 1. The molecule has 0 spiro atoms. The highest BCUT2D eigenvalue weighted by Gasteiger charge is 2.29. The summed E-state index contributed by atoms with van der Waals surface area (Å²) in [5, 5.41) is 9.19. The molecule has 4 rings (SSSR count). The number of ether oxygens (including phenoxy) is 1. The quantitative estimate of drug-likeness (QED) is 0.780. The first-order valence-electron chi connectivity index (χ1n) is 6.59. The molecule has 0 amide bonds. The summed E-state index contributed by atoms with van der Waals surface area (Å²) in [5.41, 5.74) is 2.06. The molecule has 1 unspecified atom stereocenters. The van der Waals surface area contributed by atoms with Crippen LogP contribution in [0, 0.1) is 0 Å². The second kappa shape index (κ2) is 4.34. The third-order valence-electron chi connectivity index (χ3n) is 3.59. The van der Waals surface area contributed by atoms with Crippen LogP contribution in [0.3, 0.4) is 0 Å². The van der Waals surface area contributed by atoms with Crippen LogP contribution in [0.4, 0.5) is 0 Å². The Kier molecular flexibility index (Phi) is 2.47. The molecule has 104 valence electrons. The number of carboxylic acid groups (broad SMARTS) is 1. The van der Waals surface area contributed by atoms with Gasteiger partial charge >= 0.3 is 5.97 Å². The van der Waals surface area contributed by atoms with Gasteiger partial charge in [0.1, 0.15) is 11.3 Å². The second-order valence-corrected chi connectivity index (χ2v) is 4.93. The van der Waals surface area contributed by atoms with E-state index in [9.17, 15) is 9.90 Å². The van der Waals surface area contributed by atoms with E-state index < -0.39 is 5.97 Å². The van der Waals surface area contributed by atoms with Crippen molar-refractivity contribution in [2.24, 2.45) is 0 Å². The molecule has 5 nitrogen and oxygen atoms in total. The van der Waals surface area contributed by atoms with Crippen LogP contribution >= 0.6 is 0 Å². The van der Waals surface area contributed by atoms with Crippen LogP contribution in [0.1, 0.15) is 27.9 Å². The van der Waals surface area contributed by atoms with Crippen molar-refractivity contribution in [3.8, 4) is 5.75 Å². The summed E-state index contributed by atoms with van der Waals surface area (Å²) in [6, 6.07) is 12.6. The molecule has 1 atom stereocenters. The van der Waals surface area contributed by atoms with Crippen molar-refractivity contribution < 1.29 is 19.1 Å². The van der Waals surface area contributed by atoms with E-state index in [2.05, 4.69) is 4.98 Å². The van der Waals surface area contributed by atoms with Crippen molar-refractivity contribution in [1.29, 1.82) is 0 Å². The fraction of sp³-hybridized carbons (Fsp3) is 0.125. The Hall–Kier alpha value is -2.82. The topological polar surface area (TPSA) is 72.6 Å². The van der Waals surface area contributed by atoms with Crippen LogP contribution in [0.25, 0.3) is 11.1 Å². The van der Waals surface area contributed by atoms with Gasteiger partial charge in [-0.15, -0.1) is 0 Å². The first kappa shape index (κ1) is 12.0. The average Bonchev–Trinajstić information content (AvgIpc) is 3.09. The van der Waals surface area contributed by atoms with Crippen LogP contribution in [0.2, 0.25) is 0 Å². The van der Waals surface area contributed by atoms with Gasteiger partial charge in [-0.3, -0.25) is 0 Å². The zero-order valence-corrected chi connectivity index (χ0v) is 10.9. The summed E-state index contributed by atoms with van der Waals surface area (Å²) >= 11 is 0. The largest absolute Gasteiger partial charge is 0.480 e. The highest BCUT2D eigenvalue weighted by Crippen LogP contribution is 2.37. The minimum atomic E-state index is -1.02. The molecule has 2 heterocycles. The molecule has 1 N–H and O–H groups in total. The molecular formula is C16H11NO4. The maximum atomic E-state index is 11.2. The SMILES string of the molecule is O=C(O)c1cccc2oc(C3Cc4ccccc4O3)nc12. The van der Waals surface area contributed by atoms with E-state index in [1.54, 1.807) is 12.1 Å². The van der Waals surface area contributed by atoms with Crippen LogP contribution in [-0.2, 0) is 6.42 Å². The minimum absolute atomic E-state index is 0.137. The lowest BCUT2D eigenvalue weighted by molar-refractivity contribution is 0.0699. The number of para-hydroxylation sites is 2. The van der Waals surface area contributed by atoms with Gasteiger partial charge in [0.25, 0.3) is 0 Å². The number of aromatic carboxylic acids is 1. The van der Waals surface area contributed by atoms with E-state index in [0.29, 0.717) is 23.4 Å². The fourth-order valence-corrected chi connectivity index (χ4v) is 2.60. The Morgan fingerprint density at radius 2 is 2.05 bits per heavy atom. The number of carboxylic acids is 1.